The molecule has 338 valence electrons. The zero-order valence-electron chi connectivity index (χ0n) is 38.7. The van der Waals surface area contributed by atoms with Crippen LogP contribution in [-0.2, 0) is 36.8 Å². The standard InChI is InChI=1S/C47H79N7O6/c1-13-32(6)43(53(10)47(58)41(30(2)3)51-46(57)42(31(4)5)52(8)9)39(59-11)27-40(55)54-25-17-20-38(54)44(60-12)33(7)45(56)50-37(26-34-18-15-14-16-19-34)29-49-28-35-21-23-36(48)24-22-35/h14-16,18-19,21-24,30-33,37-39,41-44,46,49,51,57H,13,17,20,25-29,48H2,1-12H3,(H,50,56). The lowest BCUT2D eigenvalue weighted by molar-refractivity contribution is -0.147. The van der Waals surface area contributed by atoms with E-state index in [1.165, 1.54) is 0 Å². The van der Waals surface area contributed by atoms with E-state index >= 15 is 0 Å². The van der Waals surface area contributed by atoms with Crippen molar-refractivity contribution >= 4 is 23.4 Å². The second-order valence-corrected chi connectivity index (χ2v) is 17.9. The van der Waals surface area contributed by atoms with Crippen molar-refractivity contribution in [1.29, 1.82) is 0 Å². The van der Waals surface area contributed by atoms with Crippen LogP contribution in [0.2, 0.25) is 0 Å². The number of hydrogen-bond acceptors (Lipinski definition) is 10. The third kappa shape index (κ3) is 14.2. The maximum Gasteiger partial charge on any atom is 0.240 e. The molecule has 2 aromatic rings. The van der Waals surface area contributed by atoms with Crippen molar-refractivity contribution in [2.45, 2.75) is 136 Å². The van der Waals surface area contributed by atoms with E-state index in [2.05, 4.69) is 55.8 Å². The smallest absolute Gasteiger partial charge is 0.240 e. The van der Waals surface area contributed by atoms with E-state index in [-0.39, 0.29) is 60.0 Å². The molecule has 0 aromatic heterocycles. The number of ether oxygens (including phenoxy) is 2. The summed E-state index contributed by atoms with van der Waals surface area (Å²) in [5.74, 6) is -0.885. The van der Waals surface area contributed by atoms with Crippen LogP contribution in [0.1, 0.15) is 85.3 Å². The van der Waals surface area contributed by atoms with Gasteiger partial charge in [-0.3, -0.25) is 19.7 Å². The molecule has 2 aromatic carbocycles. The SMILES string of the molecule is CCC(C)C(C(CC(=O)N1CCCC1C(OC)C(C)C(=O)NC(CNCc1ccc(N)cc1)Cc1ccccc1)OC)N(C)C(=O)C(NC(O)C(C(C)C)N(C)C)C(C)C. The second kappa shape index (κ2) is 24.8. The minimum Gasteiger partial charge on any atom is -0.399 e. The first-order valence-corrected chi connectivity index (χ1v) is 22.1. The number of anilines is 1. The molecule has 3 amide bonds. The van der Waals surface area contributed by atoms with Gasteiger partial charge in [0.05, 0.1) is 48.7 Å². The van der Waals surface area contributed by atoms with Crippen LogP contribution in [0.15, 0.2) is 54.6 Å². The van der Waals surface area contributed by atoms with Crippen molar-refractivity contribution in [3.05, 3.63) is 65.7 Å². The summed E-state index contributed by atoms with van der Waals surface area (Å²) in [6.07, 6.45) is 0.918. The summed E-state index contributed by atoms with van der Waals surface area (Å²) in [6.45, 7) is 15.8. The number of hydrogen-bond donors (Lipinski definition) is 5. The number of likely N-dealkylation sites (tertiary alicyclic amines) is 1. The first kappa shape index (κ1) is 50.8. The highest BCUT2D eigenvalue weighted by Crippen LogP contribution is 2.30. The number of aliphatic hydroxyl groups is 1. The first-order chi connectivity index (χ1) is 28.4. The molecule has 1 heterocycles. The predicted molar refractivity (Wildman–Crippen MR) is 241 cm³/mol. The molecule has 0 saturated carbocycles. The van der Waals surface area contributed by atoms with E-state index in [1.54, 1.807) is 26.2 Å². The number of nitrogens with zero attached hydrogens (tertiary/aromatic N) is 3. The van der Waals surface area contributed by atoms with Crippen LogP contribution in [0.25, 0.3) is 0 Å². The van der Waals surface area contributed by atoms with Gasteiger partial charge in [-0.2, -0.15) is 0 Å². The highest BCUT2D eigenvalue weighted by atomic mass is 16.5. The third-order valence-corrected chi connectivity index (χ3v) is 12.5. The molecule has 1 aliphatic heterocycles. The molecule has 13 nitrogen and oxygen atoms in total. The van der Waals surface area contributed by atoms with Gasteiger partial charge >= 0.3 is 0 Å². The molecule has 60 heavy (non-hydrogen) atoms. The Morgan fingerprint density at radius 2 is 1.55 bits per heavy atom. The molecular weight excluding hydrogens is 759 g/mol. The molecule has 0 spiro atoms. The fourth-order valence-corrected chi connectivity index (χ4v) is 9.03. The molecule has 1 saturated heterocycles. The Bertz CT molecular complexity index is 1570. The van der Waals surface area contributed by atoms with Crippen LogP contribution in [0.4, 0.5) is 5.69 Å². The van der Waals surface area contributed by atoms with Crippen molar-refractivity contribution < 1.29 is 29.0 Å². The number of methoxy groups -OCH3 is 2. The van der Waals surface area contributed by atoms with Crippen molar-refractivity contribution in [3.63, 3.8) is 0 Å². The van der Waals surface area contributed by atoms with Gasteiger partial charge in [-0.05, 0) is 74.4 Å². The predicted octanol–water partition coefficient (Wildman–Crippen LogP) is 4.53. The van der Waals surface area contributed by atoms with Crippen LogP contribution < -0.4 is 21.7 Å². The Labute approximate surface area is 361 Å². The highest BCUT2D eigenvalue weighted by molar-refractivity contribution is 5.83. The van der Waals surface area contributed by atoms with Crippen LogP contribution >= 0.6 is 0 Å². The van der Waals surface area contributed by atoms with Gasteiger partial charge in [0.15, 0.2) is 0 Å². The van der Waals surface area contributed by atoms with Gasteiger partial charge < -0.3 is 45.6 Å². The van der Waals surface area contributed by atoms with E-state index in [4.69, 9.17) is 15.2 Å². The number of amides is 3. The van der Waals surface area contributed by atoms with Gasteiger partial charge in [-0.1, -0.05) is 97.4 Å². The maximum absolute atomic E-state index is 14.4. The largest absolute Gasteiger partial charge is 0.399 e. The molecule has 10 unspecified atom stereocenters. The Balaban J connectivity index is 1.76. The van der Waals surface area contributed by atoms with Gasteiger partial charge in [0.1, 0.15) is 6.23 Å². The van der Waals surface area contributed by atoms with Crippen LogP contribution in [0, 0.1) is 23.7 Å². The van der Waals surface area contributed by atoms with E-state index < -0.39 is 36.4 Å². The number of carbonyl (C=O) groups excluding carboxylic acids is 3. The summed E-state index contributed by atoms with van der Waals surface area (Å²) in [5, 5.41) is 21.4. The van der Waals surface area contributed by atoms with Gasteiger partial charge in [0.2, 0.25) is 17.7 Å². The van der Waals surface area contributed by atoms with Gasteiger partial charge in [-0.15, -0.1) is 0 Å². The molecule has 6 N–H and O–H groups in total. The normalized spacial score (nSPS) is 19.1. The van der Waals surface area contributed by atoms with Gasteiger partial charge in [-0.25, -0.2) is 0 Å². The second-order valence-electron chi connectivity index (χ2n) is 17.9. The fraction of sp³-hybridized carbons (Fsp3) is 0.681. The average molecular weight is 838 g/mol. The maximum atomic E-state index is 14.4. The number of carbonyl (C=O) groups is 3. The number of likely N-dealkylation sites (N-methyl/N-ethyl adjacent to an activating group) is 2. The Hall–Kier alpha value is -3.59. The topological polar surface area (TPSA) is 162 Å². The summed E-state index contributed by atoms with van der Waals surface area (Å²) in [5.41, 5.74) is 8.81. The van der Waals surface area contributed by atoms with E-state index in [9.17, 15) is 19.5 Å². The lowest BCUT2D eigenvalue weighted by atomic mass is 9.89. The van der Waals surface area contributed by atoms with Crippen molar-refractivity contribution in [1.82, 2.24) is 30.7 Å². The number of benzene rings is 2. The van der Waals surface area contributed by atoms with Crippen molar-refractivity contribution in [3.8, 4) is 0 Å². The Morgan fingerprint density at radius 1 is 0.900 bits per heavy atom. The Morgan fingerprint density at radius 3 is 2.10 bits per heavy atom. The molecular formula is C47H79N7O6. The number of nitrogen functional groups attached to an aromatic ring is 1. The zero-order chi connectivity index (χ0) is 44.7. The number of nitrogens with one attached hydrogen (secondary N) is 3. The lowest BCUT2D eigenvalue weighted by Crippen LogP contribution is -2.61. The number of aliphatic hydroxyl groups excluding tert-OH is 1. The minimum atomic E-state index is -0.927. The van der Waals surface area contributed by atoms with E-state index in [0.29, 0.717) is 38.2 Å². The lowest BCUT2D eigenvalue weighted by Gasteiger charge is -2.42. The van der Waals surface area contributed by atoms with Crippen LogP contribution in [0.5, 0.6) is 0 Å². The van der Waals surface area contributed by atoms with E-state index in [1.807, 2.05) is 87.1 Å². The van der Waals surface area contributed by atoms with Crippen molar-refractivity contribution in [2.24, 2.45) is 23.7 Å². The number of nitrogens with two attached hydrogens (primary N) is 1. The summed E-state index contributed by atoms with van der Waals surface area (Å²) >= 11 is 0. The summed E-state index contributed by atoms with van der Waals surface area (Å²) in [4.78, 5) is 48.4. The minimum absolute atomic E-state index is 0.00857. The highest BCUT2D eigenvalue weighted by Gasteiger charge is 2.43. The molecule has 13 heteroatoms. The van der Waals surface area contributed by atoms with E-state index in [0.717, 1.165) is 24.0 Å². The summed E-state index contributed by atoms with van der Waals surface area (Å²) in [7, 11) is 8.84. The molecule has 10 atom stereocenters. The Kier molecular flexibility index (Phi) is 20.9. The summed E-state index contributed by atoms with van der Waals surface area (Å²) < 4.78 is 12.2. The van der Waals surface area contributed by atoms with Gasteiger partial charge in [0, 0.05) is 52.6 Å². The average Bonchev–Trinajstić information content (AvgIpc) is 3.69. The molecule has 1 aliphatic rings. The fourth-order valence-electron chi connectivity index (χ4n) is 9.03. The molecule has 3 rings (SSSR count). The zero-order valence-corrected chi connectivity index (χ0v) is 38.7. The molecule has 1 fully saturated rings. The van der Waals surface area contributed by atoms with Crippen molar-refractivity contribution in [2.75, 3.05) is 54.2 Å². The third-order valence-electron chi connectivity index (χ3n) is 12.5. The quantitative estimate of drug-likeness (QED) is 0.0711. The summed E-state index contributed by atoms with van der Waals surface area (Å²) in [6, 6.07) is 16.1. The van der Waals surface area contributed by atoms with Gasteiger partial charge in [0.25, 0.3) is 0 Å². The monoisotopic (exact) mass is 838 g/mol. The van der Waals surface area contributed by atoms with Crippen LogP contribution in [0.3, 0.4) is 0 Å². The molecule has 0 aliphatic carbocycles. The molecule has 0 radical (unpaired) electrons. The number of rotatable bonds is 25. The first-order valence-electron chi connectivity index (χ1n) is 22.1. The van der Waals surface area contributed by atoms with Crippen LogP contribution in [-0.4, -0.2) is 135 Å². The molecule has 0 bridgehead atoms.